The van der Waals surface area contributed by atoms with Crippen LogP contribution in [0.1, 0.15) is 64.0 Å². The highest BCUT2D eigenvalue weighted by Crippen LogP contribution is 2.37. The van der Waals surface area contributed by atoms with Crippen molar-refractivity contribution in [1.82, 2.24) is 10.2 Å². The molecular formula is C29H44BrN3O3. The number of benzene rings is 2. The average molecular weight is 563 g/mol. The number of carbonyl (C=O) groups is 1. The van der Waals surface area contributed by atoms with Crippen LogP contribution < -0.4 is 20.1 Å². The van der Waals surface area contributed by atoms with Gasteiger partial charge in [0.15, 0.2) is 18.1 Å². The van der Waals surface area contributed by atoms with Gasteiger partial charge in [0.05, 0.1) is 11.1 Å². The molecule has 0 aliphatic carbocycles. The van der Waals surface area contributed by atoms with Gasteiger partial charge < -0.3 is 25.0 Å². The Kier molecular flexibility index (Phi) is 14.5. The third-order valence-electron chi connectivity index (χ3n) is 5.86. The molecule has 0 spiro atoms. The quantitative estimate of drug-likeness (QED) is 0.202. The summed E-state index contributed by atoms with van der Waals surface area (Å²) in [5, 5.41) is 6.42. The summed E-state index contributed by atoms with van der Waals surface area (Å²) in [6.45, 7) is 14.1. The molecule has 200 valence electrons. The third-order valence-corrected chi connectivity index (χ3v) is 6.45. The van der Waals surface area contributed by atoms with E-state index in [2.05, 4.69) is 45.3 Å². The maximum Gasteiger partial charge on any atom is 0.262 e. The van der Waals surface area contributed by atoms with Gasteiger partial charge in [-0.25, -0.2) is 0 Å². The van der Waals surface area contributed by atoms with Crippen molar-refractivity contribution in [2.45, 2.75) is 66.3 Å². The molecule has 0 aromatic heterocycles. The maximum absolute atomic E-state index is 12.4. The fourth-order valence-electron chi connectivity index (χ4n) is 3.86. The molecule has 7 heteroatoms. The molecule has 1 amide bonds. The molecule has 0 saturated heterocycles. The van der Waals surface area contributed by atoms with Gasteiger partial charge in [-0.3, -0.25) is 4.79 Å². The molecule has 0 bridgehead atoms. The first-order valence-electron chi connectivity index (χ1n) is 13.3. The average Bonchev–Trinajstić information content (AvgIpc) is 2.86. The molecule has 2 N–H and O–H groups in total. The van der Waals surface area contributed by atoms with E-state index in [9.17, 15) is 4.79 Å². The normalized spacial score (nSPS) is 11.1. The Morgan fingerprint density at radius 2 is 1.61 bits per heavy atom. The van der Waals surface area contributed by atoms with Crippen LogP contribution >= 0.6 is 15.9 Å². The molecular weight excluding hydrogens is 518 g/mol. The van der Waals surface area contributed by atoms with Gasteiger partial charge in [0, 0.05) is 12.2 Å². The monoisotopic (exact) mass is 561 g/mol. The van der Waals surface area contributed by atoms with Crippen molar-refractivity contribution >= 4 is 27.5 Å². The van der Waals surface area contributed by atoms with Crippen LogP contribution in [0.4, 0.5) is 5.69 Å². The van der Waals surface area contributed by atoms with E-state index in [1.807, 2.05) is 50.2 Å². The standard InChI is InChI=1S/C29H44BrN3O3/c1-5-8-16-33(17-9-6-2)18-10-15-31-21-24-19-26(30)29(27(20-24)35-7-3)36-22-28(34)32-25-13-11-23(4)12-14-25/h11-14,19-20,31H,5-10,15-18,21-22H2,1-4H3,(H,32,34). The topological polar surface area (TPSA) is 62.8 Å². The van der Waals surface area contributed by atoms with E-state index >= 15 is 0 Å². The van der Waals surface area contributed by atoms with Gasteiger partial charge in [0.2, 0.25) is 0 Å². The predicted molar refractivity (Wildman–Crippen MR) is 153 cm³/mol. The number of aryl methyl sites for hydroxylation is 1. The summed E-state index contributed by atoms with van der Waals surface area (Å²) in [6, 6.07) is 11.7. The Morgan fingerprint density at radius 3 is 2.25 bits per heavy atom. The summed E-state index contributed by atoms with van der Waals surface area (Å²) in [6.07, 6.45) is 6.16. The second kappa shape index (κ2) is 17.4. The zero-order chi connectivity index (χ0) is 26.2. The summed E-state index contributed by atoms with van der Waals surface area (Å²) in [7, 11) is 0. The van der Waals surface area contributed by atoms with Crippen molar-refractivity contribution in [2.24, 2.45) is 0 Å². The number of amides is 1. The fraction of sp³-hybridized carbons (Fsp3) is 0.552. The summed E-state index contributed by atoms with van der Waals surface area (Å²) < 4.78 is 12.5. The van der Waals surface area contributed by atoms with Gasteiger partial charge in [-0.15, -0.1) is 0 Å². The first kappa shape index (κ1) is 30.1. The summed E-state index contributed by atoms with van der Waals surface area (Å²) >= 11 is 3.61. The van der Waals surface area contributed by atoms with Crippen molar-refractivity contribution in [3.05, 3.63) is 52.0 Å². The highest BCUT2D eigenvalue weighted by Gasteiger charge is 2.14. The number of rotatable bonds is 18. The van der Waals surface area contributed by atoms with E-state index in [0.29, 0.717) is 18.1 Å². The first-order chi connectivity index (χ1) is 17.5. The molecule has 2 rings (SSSR count). The number of anilines is 1. The third kappa shape index (κ3) is 11.3. The van der Waals surface area contributed by atoms with Gasteiger partial charge in [0.25, 0.3) is 5.91 Å². The lowest BCUT2D eigenvalue weighted by molar-refractivity contribution is -0.118. The molecule has 0 heterocycles. The zero-order valence-corrected chi connectivity index (χ0v) is 24.1. The van der Waals surface area contributed by atoms with Crippen LogP contribution in [0, 0.1) is 6.92 Å². The Balaban J connectivity index is 1.86. The van der Waals surface area contributed by atoms with Crippen LogP contribution in [-0.4, -0.2) is 50.2 Å². The number of halogens is 1. The number of nitrogens with one attached hydrogen (secondary N) is 2. The molecule has 2 aromatic rings. The van der Waals surface area contributed by atoms with Crippen LogP contribution in [0.2, 0.25) is 0 Å². The Hall–Kier alpha value is -2.09. The number of hydrogen-bond donors (Lipinski definition) is 2. The van der Waals surface area contributed by atoms with Gasteiger partial charge in [0.1, 0.15) is 0 Å². The van der Waals surface area contributed by atoms with Crippen molar-refractivity contribution in [1.29, 1.82) is 0 Å². The minimum atomic E-state index is -0.217. The first-order valence-corrected chi connectivity index (χ1v) is 14.1. The van der Waals surface area contributed by atoms with Crippen LogP contribution in [0.25, 0.3) is 0 Å². The van der Waals surface area contributed by atoms with Crippen molar-refractivity contribution < 1.29 is 14.3 Å². The van der Waals surface area contributed by atoms with Crippen molar-refractivity contribution in [3.8, 4) is 11.5 Å². The van der Waals surface area contributed by atoms with Gasteiger partial charge in [-0.05, 0) is 105 Å². The van der Waals surface area contributed by atoms with E-state index in [-0.39, 0.29) is 12.5 Å². The number of carbonyl (C=O) groups excluding carboxylic acids is 1. The zero-order valence-electron chi connectivity index (χ0n) is 22.5. The molecule has 0 radical (unpaired) electrons. The second-order valence-corrected chi connectivity index (χ2v) is 9.97. The van der Waals surface area contributed by atoms with Crippen molar-refractivity contribution in [3.63, 3.8) is 0 Å². The molecule has 36 heavy (non-hydrogen) atoms. The lowest BCUT2D eigenvalue weighted by Crippen LogP contribution is -2.29. The van der Waals surface area contributed by atoms with E-state index in [0.717, 1.165) is 47.3 Å². The molecule has 0 aliphatic heterocycles. The van der Waals surface area contributed by atoms with Crippen LogP contribution in [-0.2, 0) is 11.3 Å². The van der Waals surface area contributed by atoms with Crippen LogP contribution in [0.5, 0.6) is 11.5 Å². The molecule has 0 aliphatic rings. The number of nitrogens with zero attached hydrogens (tertiary/aromatic N) is 1. The van der Waals surface area contributed by atoms with E-state index < -0.39 is 0 Å². The maximum atomic E-state index is 12.4. The molecule has 2 aromatic carbocycles. The minimum absolute atomic E-state index is 0.100. The molecule has 0 atom stereocenters. The predicted octanol–water partition coefficient (Wildman–Crippen LogP) is 6.56. The number of unbranched alkanes of at least 4 members (excludes halogenated alkanes) is 2. The second-order valence-electron chi connectivity index (χ2n) is 9.12. The molecule has 6 nitrogen and oxygen atoms in total. The lowest BCUT2D eigenvalue weighted by atomic mass is 10.2. The van der Waals surface area contributed by atoms with Crippen LogP contribution in [0.15, 0.2) is 40.9 Å². The van der Waals surface area contributed by atoms with Crippen LogP contribution in [0.3, 0.4) is 0 Å². The Bertz CT molecular complexity index is 897. The van der Waals surface area contributed by atoms with E-state index in [4.69, 9.17) is 9.47 Å². The number of ether oxygens (including phenoxy) is 2. The summed E-state index contributed by atoms with van der Waals surface area (Å²) in [5.74, 6) is 0.963. The van der Waals surface area contributed by atoms with E-state index in [1.165, 1.54) is 38.8 Å². The Morgan fingerprint density at radius 1 is 0.944 bits per heavy atom. The molecule has 0 unspecified atom stereocenters. The fourth-order valence-corrected chi connectivity index (χ4v) is 4.46. The minimum Gasteiger partial charge on any atom is -0.490 e. The lowest BCUT2D eigenvalue weighted by Gasteiger charge is -2.22. The summed E-state index contributed by atoms with van der Waals surface area (Å²) in [5.41, 5.74) is 3.00. The number of hydrogen-bond acceptors (Lipinski definition) is 5. The molecule has 0 fully saturated rings. The smallest absolute Gasteiger partial charge is 0.262 e. The van der Waals surface area contributed by atoms with Gasteiger partial charge in [-0.2, -0.15) is 0 Å². The van der Waals surface area contributed by atoms with Crippen molar-refractivity contribution in [2.75, 3.05) is 44.7 Å². The Labute approximate surface area is 226 Å². The van der Waals surface area contributed by atoms with Gasteiger partial charge >= 0.3 is 0 Å². The largest absolute Gasteiger partial charge is 0.490 e. The highest BCUT2D eigenvalue weighted by atomic mass is 79.9. The molecule has 0 saturated carbocycles. The van der Waals surface area contributed by atoms with Gasteiger partial charge in [-0.1, -0.05) is 44.4 Å². The highest BCUT2D eigenvalue weighted by molar-refractivity contribution is 9.10. The summed E-state index contributed by atoms with van der Waals surface area (Å²) in [4.78, 5) is 15.0. The van der Waals surface area contributed by atoms with E-state index in [1.54, 1.807) is 0 Å². The SMILES string of the molecule is CCCCN(CCCC)CCCNCc1cc(Br)c(OCC(=O)Nc2ccc(C)cc2)c(OCC)c1.